The highest BCUT2D eigenvalue weighted by Crippen LogP contribution is 2.29. The van der Waals surface area contributed by atoms with Gasteiger partial charge >= 0.3 is 18.1 Å². The lowest BCUT2D eigenvalue weighted by Crippen LogP contribution is -2.44. The number of aromatic nitrogens is 1. The van der Waals surface area contributed by atoms with Gasteiger partial charge in [0.25, 0.3) is 5.91 Å². The van der Waals surface area contributed by atoms with Crippen LogP contribution in [0.1, 0.15) is 57.9 Å². The zero-order chi connectivity index (χ0) is 26.1. The molecule has 0 aliphatic rings. The van der Waals surface area contributed by atoms with E-state index in [1.165, 1.54) is 26.3 Å². The Hall–Kier alpha value is -2.89. The van der Waals surface area contributed by atoms with E-state index in [0.29, 0.717) is 0 Å². The van der Waals surface area contributed by atoms with E-state index >= 15 is 0 Å². The highest BCUT2D eigenvalue weighted by molar-refractivity contribution is 5.98. The van der Waals surface area contributed by atoms with E-state index < -0.39 is 48.7 Å². The van der Waals surface area contributed by atoms with Crippen molar-refractivity contribution in [1.82, 2.24) is 10.3 Å². The largest absolute Gasteiger partial charge is 0.493 e. The number of pyridine rings is 1. The average molecular weight is 492 g/mol. The predicted molar refractivity (Wildman–Crippen MR) is 114 cm³/mol. The molecule has 9 nitrogen and oxygen atoms in total. The van der Waals surface area contributed by atoms with E-state index in [9.17, 15) is 27.6 Å². The van der Waals surface area contributed by atoms with Gasteiger partial charge in [-0.2, -0.15) is 13.2 Å². The van der Waals surface area contributed by atoms with Gasteiger partial charge in [0.1, 0.15) is 12.1 Å². The summed E-state index contributed by atoms with van der Waals surface area (Å²) in [6, 6.07) is 0.278. The molecule has 1 amide bonds. The van der Waals surface area contributed by atoms with E-state index in [2.05, 4.69) is 10.3 Å². The normalized spacial score (nSPS) is 14.2. The van der Waals surface area contributed by atoms with Crippen LogP contribution in [-0.2, 0) is 19.1 Å². The maximum atomic E-state index is 12.7. The molecule has 0 spiro atoms. The maximum Gasteiger partial charge on any atom is 0.389 e. The SMILES string of the molecule is COc1ccnc(C(=O)N[C@@H](C)C(=O)OC(C(C)C)[C@H](C)OCCCC(F)(F)F)c1OC(C)=O. The number of esters is 2. The molecular formula is C22H31F3N2O7. The Balaban J connectivity index is 2.81. The van der Waals surface area contributed by atoms with E-state index in [-0.39, 0.29) is 36.1 Å². The van der Waals surface area contributed by atoms with Crippen LogP contribution in [-0.4, -0.2) is 61.0 Å². The van der Waals surface area contributed by atoms with E-state index in [1.807, 2.05) is 0 Å². The molecule has 1 rings (SSSR count). The second-order valence-corrected chi connectivity index (χ2v) is 7.92. The number of hydrogen-bond donors (Lipinski definition) is 1. The van der Waals surface area contributed by atoms with Crippen LogP contribution in [0.3, 0.4) is 0 Å². The number of nitrogens with zero attached hydrogens (tertiary/aromatic N) is 1. The van der Waals surface area contributed by atoms with Crippen LogP contribution in [0.4, 0.5) is 13.2 Å². The summed E-state index contributed by atoms with van der Waals surface area (Å²) in [5.41, 5.74) is -0.268. The summed E-state index contributed by atoms with van der Waals surface area (Å²) < 4.78 is 57.9. The number of amides is 1. The van der Waals surface area contributed by atoms with Crippen molar-refractivity contribution in [3.05, 3.63) is 18.0 Å². The van der Waals surface area contributed by atoms with Crippen molar-refractivity contribution in [3.8, 4) is 11.5 Å². The van der Waals surface area contributed by atoms with Crippen LogP contribution in [0.15, 0.2) is 12.3 Å². The number of halogens is 3. The quantitative estimate of drug-likeness (QED) is 0.349. The van der Waals surface area contributed by atoms with Crippen molar-refractivity contribution in [2.24, 2.45) is 5.92 Å². The molecule has 1 N–H and O–H groups in total. The molecule has 0 aliphatic heterocycles. The highest BCUT2D eigenvalue weighted by Gasteiger charge is 2.31. The van der Waals surface area contributed by atoms with E-state index in [4.69, 9.17) is 18.9 Å². The van der Waals surface area contributed by atoms with Gasteiger partial charge in [-0.3, -0.25) is 9.59 Å². The van der Waals surface area contributed by atoms with Crippen molar-refractivity contribution in [1.29, 1.82) is 0 Å². The van der Waals surface area contributed by atoms with Gasteiger partial charge < -0.3 is 24.3 Å². The molecule has 1 aromatic rings. The Kier molecular flexibility index (Phi) is 11.2. The van der Waals surface area contributed by atoms with Crippen molar-refractivity contribution >= 4 is 17.8 Å². The number of carbonyl (C=O) groups excluding carboxylic acids is 3. The average Bonchev–Trinajstić information content (AvgIpc) is 2.73. The first-order valence-corrected chi connectivity index (χ1v) is 10.7. The first kappa shape index (κ1) is 29.1. The van der Waals surface area contributed by atoms with Gasteiger partial charge in [0.05, 0.1) is 13.2 Å². The molecule has 0 radical (unpaired) electrons. The fourth-order valence-corrected chi connectivity index (χ4v) is 2.97. The molecule has 0 saturated carbocycles. The van der Waals surface area contributed by atoms with Gasteiger partial charge in [0.2, 0.25) is 5.75 Å². The number of rotatable bonds is 12. The molecule has 0 fully saturated rings. The van der Waals surface area contributed by atoms with Crippen molar-refractivity contribution < 1.29 is 46.5 Å². The number of alkyl halides is 3. The van der Waals surface area contributed by atoms with Crippen molar-refractivity contribution in [2.75, 3.05) is 13.7 Å². The first-order valence-electron chi connectivity index (χ1n) is 10.7. The lowest BCUT2D eigenvalue weighted by Gasteiger charge is -2.28. The Morgan fingerprint density at radius 2 is 1.79 bits per heavy atom. The van der Waals surface area contributed by atoms with Crippen LogP contribution >= 0.6 is 0 Å². The van der Waals surface area contributed by atoms with Crippen molar-refractivity contribution in [3.63, 3.8) is 0 Å². The van der Waals surface area contributed by atoms with Gasteiger partial charge in [-0.05, 0) is 26.2 Å². The number of carbonyl (C=O) groups is 3. The van der Waals surface area contributed by atoms with Gasteiger partial charge in [0, 0.05) is 32.2 Å². The molecule has 192 valence electrons. The monoisotopic (exact) mass is 492 g/mol. The van der Waals surface area contributed by atoms with Crippen molar-refractivity contribution in [2.45, 2.75) is 71.9 Å². The minimum absolute atomic E-state index is 0.0990. The molecule has 0 bridgehead atoms. The Labute approximate surface area is 196 Å². The lowest BCUT2D eigenvalue weighted by molar-refractivity contribution is -0.164. The summed E-state index contributed by atoms with van der Waals surface area (Å²) in [7, 11) is 1.32. The van der Waals surface area contributed by atoms with Crippen LogP contribution in [0.25, 0.3) is 0 Å². The number of methoxy groups -OCH3 is 1. The van der Waals surface area contributed by atoms with Crippen LogP contribution in [0.5, 0.6) is 11.5 Å². The molecular weight excluding hydrogens is 461 g/mol. The molecule has 0 aromatic carbocycles. The summed E-state index contributed by atoms with van der Waals surface area (Å²) in [6.07, 6.45) is -5.60. The lowest BCUT2D eigenvalue weighted by atomic mass is 10.0. The maximum absolute atomic E-state index is 12.7. The second-order valence-electron chi connectivity index (χ2n) is 7.92. The Morgan fingerprint density at radius 1 is 1.15 bits per heavy atom. The second kappa shape index (κ2) is 13.1. The minimum Gasteiger partial charge on any atom is -0.493 e. The Morgan fingerprint density at radius 3 is 2.32 bits per heavy atom. The smallest absolute Gasteiger partial charge is 0.389 e. The number of nitrogens with one attached hydrogen (secondary N) is 1. The summed E-state index contributed by atoms with van der Waals surface area (Å²) in [5.74, 6) is -2.60. The predicted octanol–water partition coefficient (Wildman–Crippen LogP) is 3.45. The molecule has 0 aliphatic carbocycles. The summed E-state index contributed by atoms with van der Waals surface area (Å²) in [5, 5.41) is 2.42. The summed E-state index contributed by atoms with van der Waals surface area (Å²) >= 11 is 0. The zero-order valence-corrected chi connectivity index (χ0v) is 20.0. The molecule has 1 unspecified atom stereocenters. The fraction of sp³-hybridized carbons (Fsp3) is 0.636. The summed E-state index contributed by atoms with van der Waals surface area (Å²) in [6.45, 7) is 7.52. The number of hydrogen-bond acceptors (Lipinski definition) is 8. The van der Waals surface area contributed by atoms with Gasteiger partial charge in [0.15, 0.2) is 11.4 Å². The molecule has 3 atom stereocenters. The molecule has 1 heterocycles. The number of ether oxygens (including phenoxy) is 4. The van der Waals surface area contributed by atoms with Crippen LogP contribution < -0.4 is 14.8 Å². The van der Waals surface area contributed by atoms with E-state index in [0.717, 1.165) is 6.92 Å². The molecule has 34 heavy (non-hydrogen) atoms. The van der Waals surface area contributed by atoms with Gasteiger partial charge in [-0.1, -0.05) is 13.8 Å². The molecule has 0 saturated heterocycles. The topological polar surface area (TPSA) is 113 Å². The first-order chi connectivity index (χ1) is 15.8. The minimum atomic E-state index is -4.27. The molecule has 12 heteroatoms. The standard InChI is InChI=1S/C22H31F3N2O7/c1-12(2)18(14(4)32-11-7-9-22(23,24)25)34-21(30)13(3)27-20(29)17-19(33-15(5)28)16(31-6)8-10-26-17/h8,10,12-14,18H,7,9,11H2,1-6H3,(H,27,29)/t13-,14-,18?/m0/s1. The van der Waals surface area contributed by atoms with Gasteiger partial charge in [-0.15, -0.1) is 0 Å². The van der Waals surface area contributed by atoms with Crippen LogP contribution in [0.2, 0.25) is 0 Å². The third kappa shape index (κ3) is 9.54. The summed E-state index contributed by atoms with van der Waals surface area (Å²) in [4.78, 5) is 40.6. The van der Waals surface area contributed by atoms with Crippen LogP contribution in [0, 0.1) is 5.92 Å². The van der Waals surface area contributed by atoms with E-state index in [1.54, 1.807) is 20.8 Å². The third-order valence-electron chi connectivity index (χ3n) is 4.61. The molecule has 1 aromatic heterocycles. The zero-order valence-electron chi connectivity index (χ0n) is 20.0. The Bertz CT molecular complexity index is 846. The highest BCUT2D eigenvalue weighted by atomic mass is 19.4. The third-order valence-corrected chi connectivity index (χ3v) is 4.61. The fourth-order valence-electron chi connectivity index (χ4n) is 2.97. The van der Waals surface area contributed by atoms with Gasteiger partial charge in [-0.25, -0.2) is 9.78 Å².